The van der Waals surface area contributed by atoms with Crippen molar-refractivity contribution in [3.63, 3.8) is 0 Å². The highest BCUT2D eigenvalue weighted by Crippen LogP contribution is 2.29. The van der Waals surface area contributed by atoms with Crippen LogP contribution in [-0.2, 0) is 6.54 Å². The summed E-state index contributed by atoms with van der Waals surface area (Å²) in [6, 6.07) is 7.16. The van der Waals surface area contributed by atoms with E-state index < -0.39 is 11.6 Å². The van der Waals surface area contributed by atoms with Crippen LogP contribution in [0.15, 0.2) is 30.3 Å². The zero-order chi connectivity index (χ0) is 15.4. The van der Waals surface area contributed by atoms with Crippen LogP contribution in [-0.4, -0.2) is 14.2 Å². The molecule has 2 aromatic rings. The second-order valence-electron chi connectivity index (χ2n) is 4.29. The Bertz CT molecular complexity index is 627. The molecule has 0 aliphatic carbocycles. The van der Waals surface area contributed by atoms with Gasteiger partial charge in [-0.3, -0.25) is 0 Å². The lowest BCUT2D eigenvalue weighted by atomic mass is 10.2. The van der Waals surface area contributed by atoms with Gasteiger partial charge in [-0.15, -0.1) is 0 Å². The summed E-state index contributed by atoms with van der Waals surface area (Å²) >= 11 is 5.82. The van der Waals surface area contributed by atoms with Crippen molar-refractivity contribution in [1.82, 2.24) is 0 Å². The fourth-order valence-corrected chi connectivity index (χ4v) is 2.15. The molecule has 0 radical (unpaired) electrons. The van der Waals surface area contributed by atoms with Crippen LogP contribution >= 0.6 is 11.6 Å². The average Bonchev–Trinajstić information content (AvgIpc) is 2.45. The van der Waals surface area contributed by atoms with Crippen molar-refractivity contribution >= 4 is 17.3 Å². The van der Waals surface area contributed by atoms with Gasteiger partial charge in [-0.25, -0.2) is 8.78 Å². The number of rotatable bonds is 5. The third kappa shape index (κ3) is 3.55. The maximum Gasteiger partial charge on any atom is 0.161 e. The summed E-state index contributed by atoms with van der Waals surface area (Å²) in [5.41, 5.74) is 0.903. The molecule has 1 N–H and O–H groups in total. The van der Waals surface area contributed by atoms with Crippen LogP contribution in [0.4, 0.5) is 14.5 Å². The fraction of sp³-hybridized carbons (Fsp3) is 0.200. The number of benzene rings is 2. The predicted octanol–water partition coefficient (Wildman–Crippen LogP) is 4.25. The topological polar surface area (TPSA) is 30.5 Å². The van der Waals surface area contributed by atoms with Crippen LogP contribution in [0, 0.1) is 11.6 Å². The van der Waals surface area contributed by atoms with E-state index in [2.05, 4.69) is 5.32 Å². The van der Waals surface area contributed by atoms with Crippen molar-refractivity contribution in [2.45, 2.75) is 6.54 Å². The first-order valence-electron chi connectivity index (χ1n) is 6.14. The molecule has 3 nitrogen and oxygen atoms in total. The minimum Gasteiger partial charge on any atom is -0.493 e. The van der Waals surface area contributed by atoms with Crippen molar-refractivity contribution in [3.8, 4) is 11.5 Å². The van der Waals surface area contributed by atoms with Crippen LogP contribution in [0.2, 0.25) is 5.02 Å². The Kier molecular flexibility index (Phi) is 4.85. The predicted molar refractivity (Wildman–Crippen MR) is 78.2 cm³/mol. The zero-order valence-corrected chi connectivity index (χ0v) is 12.3. The van der Waals surface area contributed by atoms with E-state index in [1.54, 1.807) is 19.2 Å². The molecule has 0 fully saturated rings. The third-order valence-electron chi connectivity index (χ3n) is 2.92. The van der Waals surface area contributed by atoms with Gasteiger partial charge in [-0.2, -0.15) is 0 Å². The number of methoxy groups -OCH3 is 2. The smallest absolute Gasteiger partial charge is 0.161 e. The lowest BCUT2D eigenvalue weighted by Gasteiger charge is -2.12. The first kappa shape index (κ1) is 15.4. The van der Waals surface area contributed by atoms with Gasteiger partial charge in [-0.05, 0) is 23.8 Å². The van der Waals surface area contributed by atoms with Gasteiger partial charge >= 0.3 is 0 Å². The Labute approximate surface area is 126 Å². The summed E-state index contributed by atoms with van der Waals surface area (Å²) < 4.78 is 36.9. The van der Waals surface area contributed by atoms with Gasteiger partial charge in [0.05, 0.1) is 24.9 Å². The minimum absolute atomic E-state index is 0.00650. The van der Waals surface area contributed by atoms with E-state index in [-0.39, 0.29) is 10.7 Å². The van der Waals surface area contributed by atoms with Crippen LogP contribution in [0.5, 0.6) is 11.5 Å². The fourth-order valence-electron chi connectivity index (χ4n) is 1.89. The van der Waals surface area contributed by atoms with Gasteiger partial charge < -0.3 is 14.8 Å². The third-order valence-corrected chi connectivity index (χ3v) is 3.22. The van der Waals surface area contributed by atoms with Crippen molar-refractivity contribution in [2.75, 3.05) is 19.5 Å². The average molecular weight is 314 g/mol. The van der Waals surface area contributed by atoms with Crippen molar-refractivity contribution in [2.24, 2.45) is 0 Å². The molecule has 0 atom stereocenters. The summed E-state index contributed by atoms with van der Waals surface area (Å²) in [4.78, 5) is 0. The highest BCUT2D eigenvalue weighted by atomic mass is 35.5. The van der Waals surface area contributed by atoms with Gasteiger partial charge in [0.1, 0.15) is 5.82 Å². The van der Waals surface area contributed by atoms with E-state index in [1.807, 2.05) is 6.07 Å². The second kappa shape index (κ2) is 6.63. The Morgan fingerprint density at radius 1 is 1.05 bits per heavy atom. The quantitative estimate of drug-likeness (QED) is 0.895. The molecule has 2 rings (SSSR count). The number of anilines is 1. The van der Waals surface area contributed by atoms with E-state index in [0.29, 0.717) is 18.0 Å². The van der Waals surface area contributed by atoms with Gasteiger partial charge in [0, 0.05) is 12.6 Å². The molecule has 0 aromatic heterocycles. The van der Waals surface area contributed by atoms with Gasteiger partial charge in [0.25, 0.3) is 0 Å². The Morgan fingerprint density at radius 3 is 2.38 bits per heavy atom. The second-order valence-corrected chi connectivity index (χ2v) is 4.69. The molecule has 0 unspecified atom stereocenters. The first-order chi connectivity index (χ1) is 10.0. The molecule has 112 valence electrons. The molecule has 0 saturated carbocycles. The number of nitrogens with one attached hydrogen (secondary N) is 1. The minimum atomic E-state index is -0.736. The number of hydrogen-bond donors (Lipinski definition) is 1. The lowest BCUT2D eigenvalue weighted by Crippen LogP contribution is -2.03. The Balaban J connectivity index is 2.17. The molecular formula is C15H14ClF2NO2. The monoisotopic (exact) mass is 313 g/mol. The van der Waals surface area contributed by atoms with E-state index in [0.717, 1.165) is 17.7 Å². The van der Waals surface area contributed by atoms with Crippen LogP contribution in [0.3, 0.4) is 0 Å². The molecule has 21 heavy (non-hydrogen) atoms. The van der Waals surface area contributed by atoms with Gasteiger partial charge in [0.15, 0.2) is 17.3 Å². The highest BCUT2D eigenvalue weighted by Gasteiger charge is 2.10. The summed E-state index contributed by atoms with van der Waals surface area (Å²) in [5.74, 6) is -0.274. The number of halogens is 3. The van der Waals surface area contributed by atoms with Crippen molar-refractivity contribution < 1.29 is 18.3 Å². The summed E-state index contributed by atoms with van der Waals surface area (Å²) in [6.45, 7) is 0.308. The lowest BCUT2D eigenvalue weighted by molar-refractivity contribution is 0.354. The summed E-state index contributed by atoms with van der Waals surface area (Å²) in [5, 5.41) is 2.84. The molecular weight excluding hydrogens is 300 g/mol. The number of hydrogen-bond acceptors (Lipinski definition) is 3. The molecule has 0 heterocycles. The van der Waals surface area contributed by atoms with Crippen LogP contribution in [0.25, 0.3) is 0 Å². The molecule has 0 amide bonds. The molecule has 0 aliphatic rings. The van der Waals surface area contributed by atoms with Crippen molar-refractivity contribution in [3.05, 3.63) is 52.6 Å². The van der Waals surface area contributed by atoms with Crippen molar-refractivity contribution in [1.29, 1.82) is 0 Å². The standard InChI is InChI=1S/C15H14ClF2NO2/c1-20-13-4-3-9(5-14(13)21-2)8-19-15-11(16)6-10(17)7-12(15)18/h3-7,19H,8H2,1-2H3. The summed E-state index contributed by atoms with van der Waals surface area (Å²) in [6.07, 6.45) is 0. The van der Waals surface area contributed by atoms with Crippen LogP contribution < -0.4 is 14.8 Å². The van der Waals surface area contributed by atoms with Gasteiger partial charge in [0.2, 0.25) is 0 Å². The molecule has 0 bridgehead atoms. The normalized spacial score (nSPS) is 10.3. The Morgan fingerprint density at radius 2 is 1.76 bits per heavy atom. The van der Waals surface area contributed by atoms with E-state index in [4.69, 9.17) is 21.1 Å². The number of ether oxygens (including phenoxy) is 2. The highest BCUT2D eigenvalue weighted by molar-refractivity contribution is 6.33. The molecule has 0 aliphatic heterocycles. The summed E-state index contributed by atoms with van der Waals surface area (Å²) in [7, 11) is 3.08. The largest absolute Gasteiger partial charge is 0.493 e. The molecule has 6 heteroatoms. The Hall–Kier alpha value is -2.01. The maximum absolute atomic E-state index is 13.6. The maximum atomic E-state index is 13.6. The molecule has 0 saturated heterocycles. The van der Waals surface area contributed by atoms with Gasteiger partial charge in [-0.1, -0.05) is 17.7 Å². The van der Waals surface area contributed by atoms with E-state index in [1.165, 1.54) is 7.11 Å². The first-order valence-corrected chi connectivity index (χ1v) is 6.52. The molecule has 2 aromatic carbocycles. The van der Waals surface area contributed by atoms with E-state index in [9.17, 15) is 8.78 Å². The molecule has 0 spiro atoms. The van der Waals surface area contributed by atoms with E-state index >= 15 is 0 Å². The van der Waals surface area contributed by atoms with Crippen LogP contribution in [0.1, 0.15) is 5.56 Å². The zero-order valence-electron chi connectivity index (χ0n) is 11.5. The SMILES string of the molecule is COc1ccc(CNc2c(F)cc(F)cc2Cl)cc1OC.